The van der Waals surface area contributed by atoms with E-state index in [9.17, 15) is 5.11 Å². The molecule has 118 valence electrons. The molecule has 1 N–H and O–H groups in total. The van der Waals surface area contributed by atoms with Crippen molar-refractivity contribution < 1.29 is 5.11 Å². The van der Waals surface area contributed by atoms with Crippen LogP contribution in [0.5, 0.6) is 0 Å². The first kappa shape index (κ1) is 16.3. The summed E-state index contributed by atoms with van der Waals surface area (Å²) in [6, 6.07) is 0. The van der Waals surface area contributed by atoms with E-state index in [2.05, 4.69) is 25.7 Å². The minimum Gasteiger partial charge on any atom is -0.391 e. The quantitative estimate of drug-likeness (QED) is 0.834. The van der Waals surface area contributed by atoms with Crippen molar-refractivity contribution in [1.29, 1.82) is 0 Å². The van der Waals surface area contributed by atoms with Gasteiger partial charge in [-0.25, -0.2) is 0 Å². The Morgan fingerprint density at radius 1 is 1.05 bits per heavy atom. The van der Waals surface area contributed by atoms with Gasteiger partial charge in [0.05, 0.1) is 6.10 Å². The number of likely N-dealkylation sites (tertiary alicyclic amines) is 1. The Morgan fingerprint density at radius 2 is 1.70 bits per heavy atom. The fourth-order valence-corrected chi connectivity index (χ4v) is 4.40. The Labute approximate surface area is 125 Å². The van der Waals surface area contributed by atoms with Crippen molar-refractivity contribution in [3.05, 3.63) is 0 Å². The van der Waals surface area contributed by atoms with Crippen LogP contribution in [0.3, 0.4) is 0 Å². The summed E-state index contributed by atoms with van der Waals surface area (Å²) in [4.78, 5) is 2.57. The Hall–Kier alpha value is -0.0800. The topological polar surface area (TPSA) is 23.5 Å². The molecule has 0 radical (unpaired) electrons. The molecule has 2 nitrogen and oxygen atoms in total. The van der Waals surface area contributed by atoms with Crippen LogP contribution in [0.15, 0.2) is 0 Å². The Bertz CT molecular complexity index is 281. The summed E-state index contributed by atoms with van der Waals surface area (Å²) in [5, 5.41) is 11.0. The average Bonchev–Trinajstić information content (AvgIpc) is 2.76. The van der Waals surface area contributed by atoms with Crippen LogP contribution in [0.1, 0.15) is 78.6 Å². The van der Waals surface area contributed by atoms with Crippen molar-refractivity contribution in [3.63, 3.8) is 0 Å². The van der Waals surface area contributed by atoms with Crippen LogP contribution in [0.25, 0.3) is 0 Å². The second-order valence-electron chi connectivity index (χ2n) is 7.70. The molecule has 0 aromatic rings. The Balaban J connectivity index is 1.99. The third-order valence-corrected chi connectivity index (χ3v) is 5.99. The number of hydrogen-bond acceptors (Lipinski definition) is 2. The molecule has 1 saturated carbocycles. The van der Waals surface area contributed by atoms with Gasteiger partial charge in [-0.2, -0.15) is 0 Å². The van der Waals surface area contributed by atoms with Gasteiger partial charge in [0.25, 0.3) is 0 Å². The minimum atomic E-state index is -0.157. The third-order valence-electron chi connectivity index (χ3n) is 5.99. The van der Waals surface area contributed by atoms with Crippen LogP contribution in [-0.4, -0.2) is 34.7 Å². The fourth-order valence-electron chi connectivity index (χ4n) is 4.40. The highest BCUT2D eigenvalue weighted by molar-refractivity contribution is 4.94. The van der Waals surface area contributed by atoms with E-state index in [1.165, 1.54) is 70.9 Å². The van der Waals surface area contributed by atoms with Gasteiger partial charge in [-0.15, -0.1) is 0 Å². The molecular formula is C18H35NO. The highest BCUT2D eigenvalue weighted by Crippen LogP contribution is 2.37. The van der Waals surface area contributed by atoms with E-state index < -0.39 is 0 Å². The second-order valence-corrected chi connectivity index (χ2v) is 7.70. The molecule has 0 amide bonds. The summed E-state index contributed by atoms with van der Waals surface area (Å²) < 4.78 is 0. The molecule has 0 spiro atoms. The number of aliphatic hydroxyl groups excluding tert-OH is 1. The van der Waals surface area contributed by atoms with Crippen LogP contribution in [0.4, 0.5) is 0 Å². The predicted molar refractivity (Wildman–Crippen MR) is 85.9 cm³/mol. The average molecular weight is 281 g/mol. The van der Waals surface area contributed by atoms with Crippen LogP contribution < -0.4 is 0 Å². The van der Waals surface area contributed by atoms with Gasteiger partial charge in [-0.05, 0) is 64.5 Å². The molecular weight excluding hydrogens is 246 g/mol. The van der Waals surface area contributed by atoms with E-state index in [1.807, 2.05) is 0 Å². The van der Waals surface area contributed by atoms with Gasteiger partial charge in [0.1, 0.15) is 0 Å². The van der Waals surface area contributed by atoms with Crippen LogP contribution in [0.2, 0.25) is 0 Å². The molecule has 3 unspecified atom stereocenters. The maximum atomic E-state index is 11.0. The summed E-state index contributed by atoms with van der Waals surface area (Å²) >= 11 is 0. The van der Waals surface area contributed by atoms with Gasteiger partial charge in [0, 0.05) is 5.54 Å². The standard InChI is InChI=1S/C18H35NO/c1-4-15-10-9-11-16(14-15)17(20)18(2,3)19-12-7-5-6-8-13-19/h15-17,20H,4-14H2,1-3H3. The van der Waals surface area contributed by atoms with Crippen molar-refractivity contribution in [2.75, 3.05) is 13.1 Å². The molecule has 3 atom stereocenters. The SMILES string of the molecule is CCC1CCCC(C(O)C(C)(C)N2CCCCCC2)C1. The normalized spacial score (nSPS) is 31.8. The molecule has 0 aromatic heterocycles. The lowest BCUT2D eigenvalue weighted by Crippen LogP contribution is -2.55. The molecule has 2 rings (SSSR count). The van der Waals surface area contributed by atoms with Crippen LogP contribution >= 0.6 is 0 Å². The monoisotopic (exact) mass is 281 g/mol. The summed E-state index contributed by atoms with van der Waals surface area (Å²) in [5.41, 5.74) is -0.0510. The Morgan fingerprint density at radius 3 is 2.30 bits per heavy atom. The highest BCUT2D eigenvalue weighted by atomic mass is 16.3. The fraction of sp³-hybridized carbons (Fsp3) is 1.00. The first-order valence-corrected chi connectivity index (χ1v) is 8.98. The van der Waals surface area contributed by atoms with Gasteiger partial charge in [-0.3, -0.25) is 4.90 Å². The van der Waals surface area contributed by atoms with E-state index >= 15 is 0 Å². The predicted octanol–water partition coefficient (Wildman–Crippen LogP) is 4.22. The van der Waals surface area contributed by atoms with E-state index in [-0.39, 0.29) is 11.6 Å². The minimum absolute atomic E-state index is 0.0510. The molecule has 1 saturated heterocycles. The zero-order valence-corrected chi connectivity index (χ0v) is 13.9. The molecule has 1 aliphatic carbocycles. The first-order chi connectivity index (χ1) is 9.55. The van der Waals surface area contributed by atoms with Gasteiger partial charge >= 0.3 is 0 Å². The number of nitrogens with zero attached hydrogens (tertiary/aromatic N) is 1. The number of hydrogen-bond donors (Lipinski definition) is 1. The summed E-state index contributed by atoms with van der Waals surface area (Å²) in [5.74, 6) is 1.37. The largest absolute Gasteiger partial charge is 0.391 e. The highest BCUT2D eigenvalue weighted by Gasteiger charge is 2.40. The van der Waals surface area contributed by atoms with Crippen molar-refractivity contribution in [3.8, 4) is 0 Å². The summed E-state index contributed by atoms with van der Waals surface area (Å²) in [6.07, 6.45) is 11.6. The van der Waals surface area contributed by atoms with Gasteiger partial charge in [0.2, 0.25) is 0 Å². The summed E-state index contributed by atoms with van der Waals surface area (Å²) in [6.45, 7) is 9.21. The maximum Gasteiger partial charge on any atom is 0.0746 e. The zero-order chi connectivity index (χ0) is 14.6. The zero-order valence-electron chi connectivity index (χ0n) is 13.9. The second kappa shape index (κ2) is 7.26. The van der Waals surface area contributed by atoms with Crippen LogP contribution in [-0.2, 0) is 0 Å². The Kier molecular flexibility index (Phi) is 5.92. The van der Waals surface area contributed by atoms with Gasteiger partial charge in [0.15, 0.2) is 0 Å². The molecule has 1 aliphatic heterocycles. The summed E-state index contributed by atoms with van der Waals surface area (Å²) in [7, 11) is 0. The maximum absolute atomic E-state index is 11.0. The van der Waals surface area contributed by atoms with Gasteiger partial charge < -0.3 is 5.11 Å². The molecule has 20 heavy (non-hydrogen) atoms. The number of aliphatic hydroxyl groups is 1. The van der Waals surface area contributed by atoms with E-state index in [1.54, 1.807) is 0 Å². The first-order valence-electron chi connectivity index (χ1n) is 8.98. The van der Waals surface area contributed by atoms with Gasteiger partial charge in [-0.1, -0.05) is 39.0 Å². The smallest absolute Gasteiger partial charge is 0.0746 e. The third kappa shape index (κ3) is 3.76. The van der Waals surface area contributed by atoms with E-state index in [4.69, 9.17) is 0 Å². The van der Waals surface area contributed by atoms with E-state index in [0.717, 1.165) is 5.92 Å². The lowest BCUT2D eigenvalue weighted by Gasteiger charge is -2.46. The van der Waals surface area contributed by atoms with E-state index in [0.29, 0.717) is 5.92 Å². The lowest BCUT2D eigenvalue weighted by atomic mass is 9.73. The lowest BCUT2D eigenvalue weighted by molar-refractivity contribution is -0.0548. The van der Waals surface area contributed by atoms with Crippen molar-refractivity contribution >= 4 is 0 Å². The molecule has 0 aromatic carbocycles. The van der Waals surface area contributed by atoms with Crippen molar-refractivity contribution in [2.45, 2.75) is 90.2 Å². The number of rotatable bonds is 4. The van der Waals surface area contributed by atoms with Crippen LogP contribution in [0, 0.1) is 11.8 Å². The molecule has 1 heterocycles. The molecule has 2 aliphatic rings. The van der Waals surface area contributed by atoms with Crippen molar-refractivity contribution in [1.82, 2.24) is 4.90 Å². The molecule has 2 fully saturated rings. The van der Waals surface area contributed by atoms with Crippen molar-refractivity contribution in [2.24, 2.45) is 11.8 Å². The molecule has 0 bridgehead atoms. The molecule has 2 heteroatoms.